The predicted molar refractivity (Wildman–Crippen MR) is 133 cm³/mol. The zero-order valence-corrected chi connectivity index (χ0v) is 20.9. The second kappa shape index (κ2) is 8.47. The van der Waals surface area contributed by atoms with Crippen molar-refractivity contribution in [2.75, 3.05) is 0 Å². The van der Waals surface area contributed by atoms with Gasteiger partial charge in [0.25, 0.3) is 0 Å². The van der Waals surface area contributed by atoms with Gasteiger partial charge in [0, 0.05) is 0 Å². The largest absolute Gasteiger partial charge is 0.449 e. The first-order chi connectivity index (χ1) is 16.7. The number of hydrogen-bond donors (Lipinski definition) is 1. The van der Waals surface area contributed by atoms with Crippen molar-refractivity contribution in [2.45, 2.75) is 41.5 Å². The Hall–Kier alpha value is -4.33. The highest BCUT2D eigenvalue weighted by Gasteiger charge is 2.20. The molecule has 0 fully saturated rings. The molecule has 0 unspecified atom stereocenters. The highest BCUT2D eigenvalue weighted by atomic mass is 16.1. The second-order valence-electron chi connectivity index (χ2n) is 9.23. The van der Waals surface area contributed by atoms with Crippen LogP contribution in [0.4, 0.5) is 0 Å². The van der Waals surface area contributed by atoms with Crippen LogP contribution in [0.3, 0.4) is 0 Å². The third kappa shape index (κ3) is 4.19. The Bertz CT molecular complexity index is 1470. The zero-order chi connectivity index (χ0) is 24.9. The topological polar surface area (TPSA) is 76.3 Å². The number of aromatic nitrogens is 7. The van der Waals surface area contributed by atoms with Crippen molar-refractivity contribution < 1.29 is 9.13 Å². The van der Waals surface area contributed by atoms with Crippen LogP contribution in [0.15, 0.2) is 66.5 Å². The van der Waals surface area contributed by atoms with E-state index in [0.717, 1.165) is 11.4 Å². The standard InChI is InChI=1S/C27H28N7O/c1-17-11-19(3)23(20(4)12-17)31-7-9-33(15-31)25-28-26(30-27(35)29-25)34-10-8-32(16-34)24-21(5)13-18(2)14-22(24)6/h7-16H,1-6H3/q+1/p+1. The lowest BCUT2D eigenvalue weighted by molar-refractivity contribution is -0.616. The lowest BCUT2D eigenvalue weighted by Gasteiger charge is -2.09. The molecule has 0 aliphatic heterocycles. The van der Waals surface area contributed by atoms with Crippen molar-refractivity contribution in [3.63, 3.8) is 0 Å². The maximum Gasteiger partial charge on any atom is 0.449 e. The van der Waals surface area contributed by atoms with E-state index in [2.05, 4.69) is 80.8 Å². The summed E-state index contributed by atoms with van der Waals surface area (Å²) in [5.41, 5.74) is 8.93. The second-order valence-corrected chi connectivity index (χ2v) is 9.23. The van der Waals surface area contributed by atoms with E-state index in [0.29, 0.717) is 11.9 Å². The SMILES string of the molecule is Cc1cc(C)c(-n2cc[n+](-c3nc(-[n+]4ccn(-c5c(C)cc(C)cc5C)c4)[nH]c(=O)n3)c2)c(C)c1. The van der Waals surface area contributed by atoms with Gasteiger partial charge in [0.2, 0.25) is 0 Å². The number of rotatable bonds is 4. The number of H-pyrrole nitrogens is 1. The van der Waals surface area contributed by atoms with Crippen LogP contribution >= 0.6 is 0 Å². The normalized spacial score (nSPS) is 11.3. The number of aryl methyl sites for hydroxylation is 6. The highest BCUT2D eigenvalue weighted by molar-refractivity contribution is 5.49. The van der Waals surface area contributed by atoms with Crippen molar-refractivity contribution in [1.29, 1.82) is 0 Å². The van der Waals surface area contributed by atoms with Crippen molar-refractivity contribution in [3.8, 4) is 23.3 Å². The van der Waals surface area contributed by atoms with Gasteiger partial charge < -0.3 is 0 Å². The number of nitrogens with zero attached hydrogens (tertiary/aromatic N) is 6. The molecule has 5 aromatic rings. The number of aromatic amines is 1. The Morgan fingerprint density at radius 1 is 0.686 bits per heavy atom. The predicted octanol–water partition coefficient (Wildman–Crippen LogP) is 3.15. The summed E-state index contributed by atoms with van der Waals surface area (Å²) in [6.07, 6.45) is 11.4. The summed E-state index contributed by atoms with van der Waals surface area (Å²) < 4.78 is 7.61. The van der Waals surface area contributed by atoms with E-state index < -0.39 is 5.69 Å². The van der Waals surface area contributed by atoms with Gasteiger partial charge in [-0.3, -0.25) is 9.13 Å². The smallest absolute Gasteiger partial charge is 0.253 e. The van der Waals surface area contributed by atoms with Crippen LogP contribution < -0.4 is 14.8 Å². The third-order valence-electron chi connectivity index (χ3n) is 6.16. The molecule has 1 N–H and O–H groups in total. The van der Waals surface area contributed by atoms with Crippen LogP contribution in [0.5, 0.6) is 0 Å². The summed E-state index contributed by atoms with van der Waals surface area (Å²) in [5.74, 6) is 0.692. The number of imidazole rings is 2. The number of benzene rings is 2. The fourth-order valence-corrected chi connectivity index (χ4v) is 4.98. The number of hydrogen-bond acceptors (Lipinski definition) is 3. The van der Waals surface area contributed by atoms with E-state index in [1.807, 2.05) is 46.6 Å². The van der Waals surface area contributed by atoms with Gasteiger partial charge in [-0.25, -0.2) is 9.36 Å². The molecule has 0 bridgehead atoms. The minimum Gasteiger partial charge on any atom is -0.253 e. The van der Waals surface area contributed by atoms with Crippen molar-refractivity contribution in [1.82, 2.24) is 24.1 Å². The van der Waals surface area contributed by atoms with Gasteiger partial charge in [-0.05, 0) is 73.8 Å². The molecule has 0 aliphatic rings. The third-order valence-corrected chi connectivity index (χ3v) is 6.16. The first-order valence-electron chi connectivity index (χ1n) is 11.5. The van der Waals surface area contributed by atoms with Crippen LogP contribution in [0.2, 0.25) is 0 Å². The van der Waals surface area contributed by atoms with Gasteiger partial charge in [-0.2, -0.15) is 9.55 Å². The molecule has 0 radical (unpaired) electrons. The van der Waals surface area contributed by atoms with E-state index in [1.165, 1.54) is 33.4 Å². The highest BCUT2D eigenvalue weighted by Crippen LogP contribution is 2.21. The quantitative estimate of drug-likeness (QED) is 0.413. The summed E-state index contributed by atoms with van der Waals surface area (Å²) in [5, 5.41) is 0. The summed E-state index contributed by atoms with van der Waals surface area (Å²) in [6.45, 7) is 12.6. The monoisotopic (exact) mass is 467 g/mol. The fraction of sp³-hybridized carbons (Fsp3) is 0.222. The summed E-state index contributed by atoms with van der Waals surface area (Å²) in [7, 11) is 0. The van der Waals surface area contributed by atoms with Crippen LogP contribution in [0, 0.1) is 41.5 Å². The lowest BCUT2D eigenvalue weighted by atomic mass is 10.1. The minimum absolute atomic E-state index is 0.299. The lowest BCUT2D eigenvalue weighted by Crippen LogP contribution is -2.40. The molecular formula is C27H29N7O+2. The molecule has 8 nitrogen and oxygen atoms in total. The zero-order valence-electron chi connectivity index (χ0n) is 20.9. The van der Waals surface area contributed by atoms with Crippen LogP contribution in [-0.4, -0.2) is 24.1 Å². The Morgan fingerprint density at radius 3 is 1.66 bits per heavy atom. The Labute approximate surface area is 203 Å². The maximum absolute atomic E-state index is 12.5. The molecule has 3 aromatic heterocycles. The van der Waals surface area contributed by atoms with Gasteiger partial charge in [0.15, 0.2) is 12.7 Å². The molecule has 8 heteroatoms. The summed E-state index contributed by atoms with van der Waals surface area (Å²) in [4.78, 5) is 24.0. The molecule has 2 aromatic carbocycles. The van der Waals surface area contributed by atoms with E-state index in [4.69, 9.17) is 0 Å². The minimum atomic E-state index is -0.462. The van der Waals surface area contributed by atoms with E-state index in [9.17, 15) is 4.79 Å². The molecule has 0 saturated heterocycles. The summed E-state index contributed by atoms with van der Waals surface area (Å²) >= 11 is 0. The van der Waals surface area contributed by atoms with Gasteiger partial charge >= 0.3 is 17.6 Å². The Morgan fingerprint density at radius 2 is 1.14 bits per heavy atom. The van der Waals surface area contributed by atoms with Gasteiger partial charge in [0.1, 0.15) is 0 Å². The van der Waals surface area contributed by atoms with E-state index in [-0.39, 0.29) is 0 Å². The Kier molecular flexibility index (Phi) is 5.43. The van der Waals surface area contributed by atoms with Gasteiger partial charge in [-0.15, -0.1) is 0 Å². The van der Waals surface area contributed by atoms with Crippen molar-refractivity contribution >= 4 is 0 Å². The molecule has 0 amide bonds. The molecule has 0 spiro atoms. The molecule has 0 saturated carbocycles. The Balaban J connectivity index is 1.53. The van der Waals surface area contributed by atoms with E-state index >= 15 is 0 Å². The van der Waals surface area contributed by atoms with Gasteiger partial charge in [0.05, 0.1) is 36.2 Å². The van der Waals surface area contributed by atoms with Gasteiger partial charge in [-0.1, -0.05) is 35.4 Å². The maximum atomic E-state index is 12.5. The molecule has 3 heterocycles. The fourth-order valence-electron chi connectivity index (χ4n) is 4.98. The van der Waals surface area contributed by atoms with Crippen LogP contribution in [0.1, 0.15) is 33.4 Å². The molecule has 0 atom stereocenters. The molecule has 35 heavy (non-hydrogen) atoms. The average molecular weight is 468 g/mol. The average Bonchev–Trinajstić information content (AvgIpc) is 3.42. The van der Waals surface area contributed by atoms with Crippen LogP contribution in [0.25, 0.3) is 23.3 Å². The van der Waals surface area contributed by atoms with Crippen LogP contribution in [-0.2, 0) is 0 Å². The first kappa shape index (κ1) is 22.5. The van der Waals surface area contributed by atoms with Crippen molar-refractivity contribution in [2.24, 2.45) is 0 Å². The molecule has 5 rings (SSSR count). The number of nitrogens with one attached hydrogen (secondary N) is 1. The summed E-state index contributed by atoms with van der Waals surface area (Å²) in [6, 6.07) is 8.65. The molecule has 176 valence electrons. The first-order valence-corrected chi connectivity index (χ1v) is 11.5. The molecular weight excluding hydrogens is 438 g/mol. The van der Waals surface area contributed by atoms with E-state index in [1.54, 1.807) is 9.13 Å². The van der Waals surface area contributed by atoms with Crippen molar-refractivity contribution in [3.05, 3.63) is 106 Å². The molecule has 0 aliphatic carbocycles.